The minimum atomic E-state index is -3.57. The third-order valence-electron chi connectivity index (χ3n) is 5.76. The molecule has 0 saturated carbocycles. The summed E-state index contributed by atoms with van der Waals surface area (Å²) in [7, 11) is -3.57. The van der Waals surface area contributed by atoms with E-state index in [9.17, 15) is 13.2 Å². The van der Waals surface area contributed by atoms with Crippen LogP contribution in [-0.2, 0) is 19.6 Å². The Balaban J connectivity index is 1.71. The van der Waals surface area contributed by atoms with Crippen molar-refractivity contribution in [2.75, 3.05) is 39.4 Å². The molecule has 150 valence electrons. The van der Waals surface area contributed by atoms with Crippen molar-refractivity contribution >= 4 is 15.9 Å². The number of carbonyl (C=O) groups is 1. The van der Waals surface area contributed by atoms with E-state index in [0.29, 0.717) is 50.1 Å². The fourth-order valence-electron chi connectivity index (χ4n) is 3.76. The van der Waals surface area contributed by atoms with Crippen molar-refractivity contribution in [1.29, 1.82) is 0 Å². The smallest absolute Gasteiger partial charge is 0.243 e. The van der Waals surface area contributed by atoms with Gasteiger partial charge < -0.3 is 9.64 Å². The van der Waals surface area contributed by atoms with Crippen molar-refractivity contribution in [1.82, 2.24) is 9.21 Å². The lowest BCUT2D eigenvalue weighted by Gasteiger charge is -2.35. The number of rotatable bonds is 5. The SMILES string of the molecule is CCC(C)c1ccc(S(=O)(=O)N2CCCC(C(=O)N3CCOCC3)C2)cc1. The zero-order valence-electron chi connectivity index (χ0n) is 16.3. The van der Waals surface area contributed by atoms with Crippen LogP contribution in [0.1, 0.15) is 44.6 Å². The molecule has 0 N–H and O–H groups in total. The lowest BCUT2D eigenvalue weighted by atomic mass is 9.98. The van der Waals surface area contributed by atoms with Gasteiger partial charge in [0.15, 0.2) is 0 Å². The summed E-state index contributed by atoms with van der Waals surface area (Å²) < 4.78 is 32.9. The maximum Gasteiger partial charge on any atom is 0.243 e. The number of sulfonamides is 1. The lowest BCUT2D eigenvalue weighted by molar-refractivity contribution is -0.140. The molecule has 2 fully saturated rings. The van der Waals surface area contributed by atoms with Crippen LogP contribution in [0.5, 0.6) is 0 Å². The highest BCUT2D eigenvalue weighted by Crippen LogP contribution is 2.27. The number of hydrogen-bond donors (Lipinski definition) is 0. The first-order valence-electron chi connectivity index (χ1n) is 9.90. The van der Waals surface area contributed by atoms with Gasteiger partial charge in [-0.15, -0.1) is 0 Å². The normalized spacial score (nSPS) is 23.2. The number of morpholine rings is 1. The minimum absolute atomic E-state index is 0.0605. The molecule has 0 radical (unpaired) electrons. The molecule has 2 heterocycles. The standard InChI is InChI=1S/C20H30N2O4S/c1-3-16(2)17-6-8-19(9-7-17)27(24,25)22-10-4-5-18(15-22)20(23)21-11-13-26-14-12-21/h6-9,16,18H,3-5,10-15H2,1-2H3. The van der Waals surface area contributed by atoms with Gasteiger partial charge in [0.2, 0.25) is 15.9 Å². The fraction of sp³-hybridized carbons (Fsp3) is 0.650. The van der Waals surface area contributed by atoms with Crippen LogP contribution in [0.3, 0.4) is 0 Å². The zero-order chi connectivity index (χ0) is 19.4. The summed E-state index contributed by atoms with van der Waals surface area (Å²) in [6.07, 6.45) is 2.48. The molecule has 3 rings (SSSR count). The van der Waals surface area contributed by atoms with E-state index in [-0.39, 0.29) is 18.4 Å². The fourth-order valence-corrected chi connectivity index (χ4v) is 5.28. The molecule has 0 bridgehead atoms. The molecule has 2 unspecified atom stereocenters. The second kappa shape index (κ2) is 8.71. The third kappa shape index (κ3) is 4.52. The number of ether oxygens (including phenoxy) is 1. The Labute approximate surface area is 162 Å². The van der Waals surface area contributed by atoms with Gasteiger partial charge in [0.25, 0.3) is 0 Å². The van der Waals surface area contributed by atoms with Crippen LogP contribution < -0.4 is 0 Å². The van der Waals surface area contributed by atoms with Gasteiger partial charge in [-0.3, -0.25) is 4.79 Å². The van der Waals surface area contributed by atoms with Gasteiger partial charge in [0.05, 0.1) is 24.0 Å². The topological polar surface area (TPSA) is 66.9 Å². The Bertz CT molecular complexity index is 742. The van der Waals surface area contributed by atoms with E-state index in [1.165, 1.54) is 4.31 Å². The largest absolute Gasteiger partial charge is 0.378 e. The molecular formula is C20H30N2O4S. The van der Waals surface area contributed by atoms with Crippen molar-refractivity contribution < 1.29 is 17.9 Å². The van der Waals surface area contributed by atoms with Gasteiger partial charge in [-0.25, -0.2) is 8.42 Å². The molecule has 27 heavy (non-hydrogen) atoms. The molecule has 7 heteroatoms. The quantitative estimate of drug-likeness (QED) is 0.769. The number of nitrogens with zero attached hydrogens (tertiary/aromatic N) is 2. The molecule has 0 aromatic heterocycles. The highest BCUT2D eigenvalue weighted by Gasteiger charge is 2.35. The van der Waals surface area contributed by atoms with Crippen LogP contribution >= 0.6 is 0 Å². The first-order chi connectivity index (χ1) is 12.9. The summed E-state index contributed by atoms with van der Waals surface area (Å²) >= 11 is 0. The number of benzene rings is 1. The summed E-state index contributed by atoms with van der Waals surface area (Å²) in [5.74, 6) is 0.212. The Morgan fingerprint density at radius 3 is 2.48 bits per heavy atom. The lowest BCUT2D eigenvalue weighted by Crippen LogP contribution is -2.49. The maximum absolute atomic E-state index is 13.1. The molecule has 2 aliphatic rings. The van der Waals surface area contributed by atoms with E-state index in [2.05, 4.69) is 13.8 Å². The van der Waals surface area contributed by atoms with Crippen molar-refractivity contribution in [2.24, 2.45) is 5.92 Å². The molecule has 1 amide bonds. The van der Waals surface area contributed by atoms with E-state index in [0.717, 1.165) is 18.4 Å². The van der Waals surface area contributed by atoms with Gasteiger partial charge in [-0.05, 0) is 42.9 Å². The van der Waals surface area contributed by atoms with Gasteiger partial charge in [-0.2, -0.15) is 4.31 Å². The second-order valence-electron chi connectivity index (χ2n) is 7.52. The second-order valence-corrected chi connectivity index (χ2v) is 9.46. The Hall–Kier alpha value is -1.44. The molecule has 6 nitrogen and oxygen atoms in total. The molecule has 2 saturated heterocycles. The minimum Gasteiger partial charge on any atom is -0.378 e. The molecule has 2 aliphatic heterocycles. The number of hydrogen-bond acceptors (Lipinski definition) is 4. The van der Waals surface area contributed by atoms with E-state index in [1.807, 2.05) is 17.0 Å². The predicted molar refractivity (Wildman–Crippen MR) is 104 cm³/mol. The van der Waals surface area contributed by atoms with Crippen LogP contribution in [0.2, 0.25) is 0 Å². The average Bonchev–Trinajstić information content (AvgIpc) is 2.73. The van der Waals surface area contributed by atoms with Crippen LogP contribution in [-0.4, -0.2) is 62.9 Å². The molecule has 1 aromatic rings. The van der Waals surface area contributed by atoms with Crippen molar-refractivity contribution in [3.63, 3.8) is 0 Å². The predicted octanol–water partition coefficient (Wildman–Crippen LogP) is 2.46. The highest BCUT2D eigenvalue weighted by molar-refractivity contribution is 7.89. The summed E-state index contributed by atoms with van der Waals surface area (Å²) in [4.78, 5) is 14.9. The first kappa shape index (κ1) is 20.3. The van der Waals surface area contributed by atoms with Gasteiger partial charge in [0, 0.05) is 26.2 Å². The average molecular weight is 395 g/mol. The molecule has 1 aromatic carbocycles. The van der Waals surface area contributed by atoms with Crippen LogP contribution in [0.15, 0.2) is 29.2 Å². The summed E-state index contributed by atoms with van der Waals surface area (Å²) in [6, 6.07) is 7.21. The summed E-state index contributed by atoms with van der Waals surface area (Å²) in [5, 5.41) is 0. The first-order valence-corrected chi connectivity index (χ1v) is 11.3. The Morgan fingerprint density at radius 2 is 1.85 bits per heavy atom. The van der Waals surface area contributed by atoms with E-state index in [4.69, 9.17) is 4.74 Å². The van der Waals surface area contributed by atoms with Crippen molar-refractivity contribution in [2.45, 2.75) is 43.9 Å². The molecule has 0 aliphatic carbocycles. The Morgan fingerprint density at radius 1 is 1.19 bits per heavy atom. The summed E-state index contributed by atoms with van der Waals surface area (Å²) in [6.45, 7) is 7.31. The van der Waals surface area contributed by atoms with E-state index in [1.54, 1.807) is 12.1 Å². The molecule has 2 atom stereocenters. The van der Waals surface area contributed by atoms with Gasteiger partial charge >= 0.3 is 0 Å². The maximum atomic E-state index is 13.1. The monoisotopic (exact) mass is 394 g/mol. The number of amides is 1. The van der Waals surface area contributed by atoms with Crippen molar-refractivity contribution in [3.05, 3.63) is 29.8 Å². The number of carbonyl (C=O) groups excluding carboxylic acids is 1. The van der Waals surface area contributed by atoms with Crippen LogP contribution in [0.25, 0.3) is 0 Å². The zero-order valence-corrected chi connectivity index (χ0v) is 17.1. The van der Waals surface area contributed by atoms with E-state index >= 15 is 0 Å². The summed E-state index contributed by atoms with van der Waals surface area (Å²) in [5.41, 5.74) is 1.15. The number of piperidine rings is 1. The van der Waals surface area contributed by atoms with E-state index < -0.39 is 10.0 Å². The molecule has 0 spiro atoms. The van der Waals surface area contributed by atoms with Crippen LogP contribution in [0, 0.1) is 5.92 Å². The molecular weight excluding hydrogens is 364 g/mol. The van der Waals surface area contributed by atoms with Gasteiger partial charge in [-0.1, -0.05) is 26.0 Å². The van der Waals surface area contributed by atoms with Crippen molar-refractivity contribution in [3.8, 4) is 0 Å². The third-order valence-corrected chi connectivity index (χ3v) is 7.63. The van der Waals surface area contributed by atoms with Gasteiger partial charge in [0.1, 0.15) is 0 Å². The highest BCUT2D eigenvalue weighted by atomic mass is 32.2. The van der Waals surface area contributed by atoms with Crippen LogP contribution in [0.4, 0.5) is 0 Å². The Kier molecular flexibility index (Phi) is 6.55.